The number of hydrogen-bond acceptors (Lipinski definition) is 7. The van der Waals surface area contributed by atoms with Gasteiger partial charge < -0.3 is 4.74 Å². The fraction of sp³-hybridized carbons (Fsp3) is 0.400. The molecule has 0 saturated heterocycles. The Hall–Kier alpha value is -1.86. The molecule has 94 valence electrons. The van der Waals surface area contributed by atoms with Gasteiger partial charge >= 0.3 is 5.97 Å². The summed E-state index contributed by atoms with van der Waals surface area (Å²) in [5.74, 6) is 5.00. The van der Waals surface area contributed by atoms with E-state index in [1.807, 2.05) is 0 Å². The Bertz CT molecular complexity index is 396. The molecule has 0 amide bonds. The molecular formula is C10H14N2O5. The van der Waals surface area contributed by atoms with Gasteiger partial charge in [0.15, 0.2) is 5.75 Å². The average molecular weight is 242 g/mol. The molecule has 1 rings (SSSR count). The Kier molecular flexibility index (Phi) is 4.68. The van der Waals surface area contributed by atoms with Gasteiger partial charge in [0.2, 0.25) is 5.75 Å². The number of rotatable bonds is 5. The number of methoxy groups -OCH3 is 1. The van der Waals surface area contributed by atoms with E-state index in [9.17, 15) is 4.79 Å². The largest absolute Gasteiger partial charge is 0.493 e. The highest BCUT2D eigenvalue weighted by Crippen LogP contribution is 2.33. The number of hydrogen-bond donors (Lipinski definition) is 1. The molecule has 17 heavy (non-hydrogen) atoms. The quantitative estimate of drug-likeness (QED) is 0.605. The van der Waals surface area contributed by atoms with Crippen LogP contribution in [0.4, 0.5) is 0 Å². The third-order valence-electron chi connectivity index (χ3n) is 1.95. The predicted molar refractivity (Wildman–Crippen MR) is 56.9 cm³/mol. The third-order valence-corrected chi connectivity index (χ3v) is 1.95. The van der Waals surface area contributed by atoms with E-state index in [2.05, 4.69) is 14.7 Å². The highest BCUT2D eigenvalue weighted by atomic mass is 17.2. The third kappa shape index (κ3) is 3.30. The van der Waals surface area contributed by atoms with E-state index in [1.54, 1.807) is 13.0 Å². The zero-order chi connectivity index (χ0) is 12.8. The van der Waals surface area contributed by atoms with Crippen LogP contribution in [0.5, 0.6) is 11.5 Å². The van der Waals surface area contributed by atoms with Gasteiger partial charge in [0.05, 0.1) is 7.11 Å². The second kappa shape index (κ2) is 6.02. The van der Waals surface area contributed by atoms with Crippen LogP contribution in [0.25, 0.3) is 0 Å². The Morgan fingerprint density at radius 3 is 2.76 bits per heavy atom. The highest BCUT2D eigenvalue weighted by Gasteiger charge is 2.20. The van der Waals surface area contributed by atoms with Crippen LogP contribution < -0.4 is 15.5 Å². The molecule has 1 aromatic rings. The second-order valence-corrected chi connectivity index (χ2v) is 3.16. The topological polar surface area (TPSA) is 92.9 Å². The molecule has 0 fully saturated rings. The van der Waals surface area contributed by atoms with Crippen LogP contribution in [-0.4, -0.2) is 18.1 Å². The van der Waals surface area contributed by atoms with Crippen LogP contribution in [-0.2, 0) is 14.5 Å². The van der Waals surface area contributed by atoms with Gasteiger partial charge in [0.25, 0.3) is 0 Å². The number of pyridine rings is 1. The van der Waals surface area contributed by atoms with Gasteiger partial charge in [-0.15, -0.1) is 0 Å². The predicted octanol–water partition coefficient (Wildman–Crippen LogP) is 0.898. The maximum absolute atomic E-state index is 10.7. The van der Waals surface area contributed by atoms with Crippen LogP contribution in [0.1, 0.15) is 25.6 Å². The van der Waals surface area contributed by atoms with E-state index < -0.39 is 12.1 Å². The van der Waals surface area contributed by atoms with Crippen LogP contribution >= 0.6 is 0 Å². The van der Waals surface area contributed by atoms with Crippen molar-refractivity contribution in [1.82, 2.24) is 4.98 Å². The zero-order valence-electron chi connectivity index (χ0n) is 9.80. The van der Waals surface area contributed by atoms with Crippen molar-refractivity contribution in [2.45, 2.75) is 20.0 Å². The summed E-state index contributed by atoms with van der Waals surface area (Å²) in [4.78, 5) is 28.7. The molecule has 7 heteroatoms. The molecule has 0 radical (unpaired) electrons. The summed E-state index contributed by atoms with van der Waals surface area (Å²) in [5.41, 5.74) is 0.369. The molecule has 1 heterocycles. The van der Waals surface area contributed by atoms with Crippen molar-refractivity contribution in [2.24, 2.45) is 5.90 Å². The normalized spacial score (nSPS) is 11.8. The Labute approximate surface area is 98.3 Å². The molecule has 1 aromatic heterocycles. The highest BCUT2D eigenvalue weighted by molar-refractivity contribution is 5.65. The lowest BCUT2D eigenvalue weighted by Crippen LogP contribution is -2.12. The fourth-order valence-corrected chi connectivity index (χ4v) is 1.14. The summed E-state index contributed by atoms with van der Waals surface area (Å²) in [5, 5.41) is 0. The van der Waals surface area contributed by atoms with E-state index in [1.165, 1.54) is 20.2 Å². The lowest BCUT2D eigenvalue weighted by atomic mass is 10.2. The number of nitrogens with two attached hydrogens (primary N) is 1. The molecular weight excluding hydrogens is 228 g/mol. The minimum absolute atomic E-state index is 0.156. The molecule has 7 nitrogen and oxygen atoms in total. The summed E-state index contributed by atoms with van der Waals surface area (Å²) in [7, 11) is 1.45. The lowest BCUT2D eigenvalue weighted by molar-refractivity contribution is -0.212. The zero-order valence-corrected chi connectivity index (χ0v) is 9.80. The monoisotopic (exact) mass is 242 g/mol. The number of ether oxygens (including phenoxy) is 1. The molecule has 1 atom stereocenters. The van der Waals surface area contributed by atoms with E-state index in [-0.39, 0.29) is 5.75 Å². The fourth-order valence-electron chi connectivity index (χ4n) is 1.14. The van der Waals surface area contributed by atoms with E-state index in [0.29, 0.717) is 11.4 Å². The summed E-state index contributed by atoms with van der Waals surface area (Å²) < 4.78 is 5.06. The number of carbonyl (C=O) groups excluding carboxylic acids is 1. The van der Waals surface area contributed by atoms with Crippen molar-refractivity contribution in [3.05, 3.63) is 18.0 Å². The van der Waals surface area contributed by atoms with Gasteiger partial charge in [-0.2, -0.15) is 0 Å². The Morgan fingerprint density at radius 1 is 1.53 bits per heavy atom. The van der Waals surface area contributed by atoms with Crippen molar-refractivity contribution in [1.29, 1.82) is 0 Å². The van der Waals surface area contributed by atoms with Gasteiger partial charge in [-0.1, -0.05) is 0 Å². The van der Waals surface area contributed by atoms with Crippen LogP contribution in [0, 0.1) is 0 Å². The molecule has 0 bridgehead atoms. The molecule has 0 aliphatic heterocycles. The molecule has 0 aromatic carbocycles. The smallest absolute Gasteiger partial charge is 0.352 e. The van der Waals surface area contributed by atoms with E-state index in [0.717, 1.165) is 0 Å². The van der Waals surface area contributed by atoms with Crippen LogP contribution in [0.2, 0.25) is 0 Å². The summed E-state index contributed by atoms with van der Waals surface area (Å²) in [6.07, 6.45) is 0.972. The maximum Gasteiger partial charge on any atom is 0.352 e. The maximum atomic E-state index is 10.7. The Balaban J connectivity index is 3.06. The van der Waals surface area contributed by atoms with Gasteiger partial charge in [-0.3, -0.25) is 19.6 Å². The molecule has 0 saturated carbocycles. The van der Waals surface area contributed by atoms with E-state index in [4.69, 9.17) is 15.5 Å². The standard InChI is InChI=1S/C10H14N2O5/c1-6(15-11)9-10(17-16-7(2)13)8(14-3)4-5-12-9/h4-6H,11H2,1-3H3. The second-order valence-electron chi connectivity index (χ2n) is 3.16. The minimum Gasteiger partial charge on any atom is -0.493 e. The Morgan fingerprint density at radius 2 is 2.24 bits per heavy atom. The average Bonchev–Trinajstić information content (AvgIpc) is 2.34. The van der Waals surface area contributed by atoms with Gasteiger partial charge in [-0.05, 0) is 6.92 Å². The van der Waals surface area contributed by atoms with Crippen molar-refractivity contribution < 1.29 is 24.1 Å². The number of aromatic nitrogens is 1. The number of nitrogens with zero attached hydrogens (tertiary/aromatic N) is 1. The van der Waals surface area contributed by atoms with E-state index >= 15 is 0 Å². The SMILES string of the molecule is COc1ccnc(C(C)ON)c1OOC(C)=O. The van der Waals surface area contributed by atoms with Crippen LogP contribution in [0.3, 0.4) is 0 Å². The van der Waals surface area contributed by atoms with Crippen molar-refractivity contribution in [2.75, 3.05) is 7.11 Å². The molecule has 0 spiro atoms. The molecule has 0 aliphatic rings. The first-order valence-corrected chi connectivity index (χ1v) is 4.83. The van der Waals surface area contributed by atoms with Crippen LogP contribution in [0.15, 0.2) is 12.3 Å². The van der Waals surface area contributed by atoms with Gasteiger partial charge in [0, 0.05) is 19.2 Å². The van der Waals surface area contributed by atoms with Crippen molar-refractivity contribution in [3.63, 3.8) is 0 Å². The molecule has 1 unspecified atom stereocenters. The molecule has 2 N–H and O–H groups in total. The van der Waals surface area contributed by atoms with Gasteiger partial charge in [0.1, 0.15) is 11.8 Å². The summed E-state index contributed by atoms with van der Waals surface area (Å²) in [6.45, 7) is 2.88. The first kappa shape index (κ1) is 13.2. The molecule has 0 aliphatic carbocycles. The summed E-state index contributed by atoms with van der Waals surface area (Å²) in [6, 6.07) is 1.56. The minimum atomic E-state index is -0.594. The lowest BCUT2D eigenvalue weighted by Gasteiger charge is -2.14. The number of carbonyl (C=O) groups is 1. The first-order valence-electron chi connectivity index (χ1n) is 4.83. The first-order chi connectivity index (χ1) is 8.10. The summed E-state index contributed by atoms with van der Waals surface area (Å²) >= 11 is 0. The van der Waals surface area contributed by atoms with Crippen molar-refractivity contribution >= 4 is 5.97 Å². The van der Waals surface area contributed by atoms with Crippen molar-refractivity contribution in [3.8, 4) is 11.5 Å². The van der Waals surface area contributed by atoms with Gasteiger partial charge in [-0.25, -0.2) is 10.7 Å².